The number of benzene rings is 1. The first-order valence-corrected chi connectivity index (χ1v) is 12.6. The summed E-state index contributed by atoms with van der Waals surface area (Å²) in [6.45, 7) is 2.12. The highest BCUT2D eigenvalue weighted by Gasteiger charge is 2.34. The number of carbonyl (C=O) groups is 1. The van der Waals surface area contributed by atoms with E-state index >= 15 is 0 Å². The van der Waals surface area contributed by atoms with Crippen molar-refractivity contribution in [1.82, 2.24) is 14.4 Å². The van der Waals surface area contributed by atoms with Gasteiger partial charge in [-0.2, -0.15) is 9.29 Å². The topological polar surface area (TPSA) is 124 Å². The van der Waals surface area contributed by atoms with Crippen LogP contribution >= 0.6 is 11.3 Å². The van der Waals surface area contributed by atoms with Crippen molar-refractivity contribution in [2.24, 2.45) is 5.92 Å². The number of thiophene rings is 1. The zero-order valence-corrected chi connectivity index (χ0v) is 20.0. The average molecular weight is 493 g/mol. The largest absolute Gasteiger partial charge is 0.497 e. The summed E-state index contributed by atoms with van der Waals surface area (Å²) >= 11 is 1.09. The Morgan fingerprint density at radius 3 is 2.79 bits per heavy atom. The first-order chi connectivity index (χ1) is 15.8. The fourth-order valence-electron chi connectivity index (χ4n) is 3.62. The van der Waals surface area contributed by atoms with Crippen molar-refractivity contribution < 1.29 is 27.2 Å². The molecule has 1 aromatic carbocycles. The van der Waals surface area contributed by atoms with Gasteiger partial charge < -0.3 is 19.3 Å². The van der Waals surface area contributed by atoms with Crippen molar-refractivity contribution in [3.05, 3.63) is 35.5 Å². The summed E-state index contributed by atoms with van der Waals surface area (Å²) in [5.74, 6) is 1.07. The third kappa shape index (κ3) is 4.87. The molecule has 3 aromatic rings. The monoisotopic (exact) mass is 492 g/mol. The Labute approximate surface area is 195 Å². The van der Waals surface area contributed by atoms with Gasteiger partial charge in [-0.25, -0.2) is 8.42 Å². The molecule has 1 amide bonds. The van der Waals surface area contributed by atoms with Gasteiger partial charge in [-0.05, 0) is 31.0 Å². The molecule has 12 heteroatoms. The van der Waals surface area contributed by atoms with E-state index in [9.17, 15) is 13.2 Å². The van der Waals surface area contributed by atoms with Crippen molar-refractivity contribution in [2.45, 2.75) is 24.0 Å². The molecule has 1 N–H and O–H groups in total. The smallest absolute Gasteiger partial charge is 0.252 e. The number of aryl methyl sites for hydroxylation is 1. The van der Waals surface area contributed by atoms with Crippen molar-refractivity contribution >= 4 is 33.0 Å². The van der Waals surface area contributed by atoms with Gasteiger partial charge in [-0.1, -0.05) is 5.16 Å². The fraction of sp³-hybridized carbons (Fsp3) is 0.381. The Morgan fingerprint density at radius 1 is 1.27 bits per heavy atom. The lowest BCUT2D eigenvalue weighted by Crippen LogP contribution is -2.43. The molecule has 1 saturated heterocycles. The van der Waals surface area contributed by atoms with E-state index in [4.69, 9.17) is 14.0 Å². The number of piperidine rings is 1. The number of methoxy groups -OCH3 is 2. The molecule has 2 aromatic heterocycles. The van der Waals surface area contributed by atoms with Crippen LogP contribution in [0.5, 0.6) is 11.5 Å². The lowest BCUT2D eigenvalue weighted by Gasteiger charge is -2.30. The number of aromatic nitrogens is 2. The second kappa shape index (κ2) is 9.49. The van der Waals surface area contributed by atoms with Gasteiger partial charge in [0.05, 0.1) is 25.8 Å². The Bertz CT molecular complexity index is 1250. The van der Waals surface area contributed by atoms with Crippen LogP contribution in [-0.2, 0) is 14.8 Å². The van der Waals surface area contributed by atoms with Crippen LogP contribution in [0.3, 0.4) is 0 Å². The summed E-state index contributed by atoms with van der Waals surface area (Å²) in [5.41, 5.74) is 1.08. The molecule has 0 saturated carbocycles. The zero-order valence-electron chi connectivity index (χ0n) is 18.4. The van der Waals surface area contributed by atoms with E-state index in [-0.39, 0.29) is 16.7 Å². The SMILES string of the molecule is COc1ccc(NC(=O)[C@@H]2CCCN(S(=O)(=O)c3cc(-c4noc(C)n4)cs3)C2)c(OC)c1. The Morgan fingerprint density at radius 2 is 2.09 bits per heavy atom. The summed E-state index contributed by atoms with van der Waals surface area (Å²) in [7, 11) is -0.709. The van der Waals surface area contributed by atoms with Crippen LogP contribution in [0.25, 0.3) is 11.4 Å². The third-order valence-electron chi connectivity index (χ3n) is 5.38. The van der Waals surface area contributed by atoms with Gasteiger partial charge in [0.25, 0.3) is 10.0 Å². The maximum absolute atomic E-state index is 13.2. The molecule has 4 rings (SSSR count). The summed E-state index contributed by atoms with van der Waals surface area (Å²) in [6.07, 6.45) is 1.17. The number of anilines is 1. The summed E-state index contributed by atoms with van der Waals surface area (Å²) in [4.78, 5) is 17.1. The van der Waals surface area contributed by atoms with Gasteiger partial charge in [-0.3, -0.25) is 4.79 Å². The molecule has 1 aliphatic rings. The van der Waals surface area contributed by atoms with E-state index in [0.29, 0.717) is 53.9 Å². The number of rotatable bonds is 7. The molecule has 1 fully saturated rings. The van der Waals surface area contributed by atoms with E-state index in [1.165, 1.54) is 17.5 Å². The molecular formula is C21H24N4O6S2. The Kier molecular flexibility index (Phi) is 6.68. The molecule has 176 valence electrons. The third-order valence-corrected chi connectivity index (χ3v) is 8.66. The van der Waals surface area contributed by atoms with Crippen LogP contribution in [-0.4, -0.2) is 56.1 Å². The minimum Gasteiger partial charge on any atom is -0.497 e. The van der Waals surface area contributed by atoms with Crippen molar-refractivity contribution in [3.63, 3.8) is 0 Å². The predicted molar refractivity (Wildman–Crippen MR) is 122 cm³/mol. The molecule has 10 nitrogen and oxygen atoms in total. The van der Waals surface area contributed by atoms with Crippen molar-refractivity contribution in [3.8, 4) is 22.9 Å². The number of ether oxygens (including phenoxy) is 2. The van der Waals surface area contributed by atoms with Crippen LogP contribution < -0.4 is 14.8 Å². The Balaban J connectivity index is 1.48. The molecule has 1 atom stereocenters. The maximum atomic E-state index is 13.2. The number of nitrogens with zero attached hydrogens (tertiary/aromatic N) is 3. The first kappa shape index (κ1) is 23.2. The second-order valence-electron chi connectivity index (χ2n) is 7.55. The van der Waals surface area contributed by atoms with E-state index in [1.807, 2.05) is 0 Å². The van der Waals surface area contributed by atoms with E-state index in [2.05, 4.69) is 15.5 Å². The van der Waals surface area contributed by atoms with Crippen LogP contribution in [0.15, 0.2) is 38.4 Å². The average Bonchev–Trinajstić information content (AvgIpc) is 3.49. The molecule has 3 heterocycles. The summed E-state index contributed by atoms with van der Waals surface area (Å²) < 4.78 is 43.5. The maximum Gasteiger partial charge on any atom is 0.252 e. The minimum atomic E-state index is -3.76. The standard InChI is InChI=1S/C21H24N4O6S2/c1-13-22-20(24-31-13)15-9-19(32-12-15)33(27,28)25-8-4-5-14(11-25)21(26)23-17-7-6-16(29-2)10-18(17)30-3/h6-7,9-10,12,14H,4-5,8,11H2,1-3H3,(H,23,26)/t14-/m1/s1. The lowest BCUT2D eigenvalue weighted by molar-refractivity contribution is -0.120. The van der Waals surface area contributed by atoms with Crippen molar-refractivity contribution in [1.29, 1.82) is 0 Å². The highest BCUT2D eigenvalue weighted by atomic mass is 32.2. The highest BCUT2D eigenvalue weighted by molar-refractivity contribution is 7.91. The molecule has 0 aliphatic carbocycles. The molecule has 0 spiro atoms. The highest BCUT2D eigenvalue weighted by Crippen LogP contribution is 2.33. The number of hydrogen-bond donors (Lipinski definition) is 1. The quantitative estimate of drug-likeness (QED) is 0.533. The van der Waals surface area contributed by atoms with Gasteiger partial charge in [0.15, 0.2) is 0 Å². The fourth-order valence-corrected chi connectivity index (χ4v) is 6.46. The van der Waals surface area contributed by atoms with Gasteiger partial charge >= 0.3 is 0 Å². The summed E-state index contributed by atoms with van der Waals surface area (Å²) in [6, 6.07) is 6.62. The number of amides is 1. The molecule has 1 aliphatic heterocycles. The van der Waals surface area contributed by atoms with Gasteiger partial charge in [-0.15, -0.1) is 11.3 Å². The lowest BCUT2D eigenvalue weighted by atomic mass is 9.98. The number of carbonyl (C=O) groups excluding carboxylic acids is 1. The Hall–Kier alpha value is -2.96. The van der Waals surface area contributed by atoms with Crippen molar-refractivity contribution in [2.75, 3.05) is 32.6 Å². The second-order valence-corrected chi connectivity index (χ2v) is 10.6. The van der Waals surface area contributed by atoms with Gasteiger partial charge in [0.2, 0.25) is 17.6 Å². The van der Waals surface area contributed by atoms with Crippen LogP contribution in [0.4, 0.5) is 5.69 Å². The van der Waals surface area contributed by atoms with Gasteiger partial charge in [0.1, 0.15) is 15.7 Å². The number of nitrogens with one attached hydrogen (secondary N) is 1. The summed E-state index contributed by atoms with van der Waals surface area (Å²) in [5, 5.41) is 8.37. The molecular weight excluding hydrogens is 468 g/mol. The first-order valence-electron chi connectivity index (χ1n) is 10.2. The molecule has 0 unspecified atom stereocenters. The van der Waals surface area contributed by atoms with E-state index in [0.717, 1.165) is 11.3 Å². The normalized spacial score (nSPS) is 17.0. The van der Waals surface area contributed by atoms with Crippen LogP contribution in [0, 0.1) is 12.8 Å². The van der Waals surface area contributed by atoms with Crippen LogP contribution in [0.1, 0.15) is 18.7 Å². The van der Waals surface area contributed by atoms with Crippen LogP contribution in [0.2, 0.25) is 0 Å². The molecule has 33 heavy (non-hydrogen) atoms. The number of hydrogen-bond acceptors (Lipinski definition) is 9. The molecule has 0 bridgehead atoms. The predicted octanol–water partition coefficient (Wildman–Crippen LogP) is 3.16. The van der Waals surface area contributed by atoms with E-state index < -0.39 is 15.9 Å². The minimum absolute atomic E-state index is 0.0984. The number of sulfonamides is 1. The molecule has 0 radical (unpaired) electrons. The van der Waals surface area contributed by atoms with Gasteiger partial charge in [0, 0.05) is 37.0 Å². The zero-order chi connectivity index (χ0) is 23.6. The van der Waals surface area contributed by atoms with E-state index in [1.54, 1.807) is 37.6 Å².